The first kappa shape index (κ1) is 21.6. The van der Waals surface area contributed by atoms with Gasteiger partial charge in [0.1, 0.15) is 10.0 Å². The molecule has 0 bridgehead atoms. The van der Waals surface area contributed by atoms with Gasteiger partial charge in [-0.2, -0.15) is 5.10 Å². The molecular formula is C21H30ClN5O2S. The third-order valence-corrected chi connectivity index (χ3v) is 8.58. The number of nitrogens with zero attached hydrogens (tertiary/aromatic N) is 4. The molecule has 1 aromatic heterocycles. The van der Waals surface area contributed by atoms with Crippen molar-refractivity contribution in [3.63, 3.8) is 0 Å². The highest BCUT2D eigenvalue weighted by molar-refractivity contribution is 7.89. The smallest absolute Gasteiger partial charge is 0.245 e. The van der Waals surface area contributed by atoms with E-state index in [1.54, 1.807) is 14.0 Å². The van der Waals surface area contributed by atoms with E-state index in [9.17, 15) is 8.42 Å². The molecule has 0 spiro atoms. The maximum Gasteiger partial charge on any atom is 0.245 e. The fraction of sp³-hybridized carbons (Fsp3) is 0.571. The summed E-state index contributed by atoms with van der Waals surface area (Å²) in [5, 5.41) is 4.30. The summed E-state index contributed by atoms with van der Waals surface area (Å²) in [7, 11) is 0.0566. The van der Waals surface area contributed by atoms with Crippen LogP contribution in [0.3, 0.4) is 0 Å². The predicted octanol–water partition coefficient (Wildman–Crippen LogP) is 2.28. The van der Waals surface area contributed by atoms with Crippen molar-refractivity contribution in [3.8, 4) is 0 Å². The van der Waals surface area contributed by atoms with Crippen molar-refractivity contribution in [2.75, 3.05) is 38.1 Å². The van der Waals surface area contributed by atoms with E-state index in [-0.39, 0.29) is 16.1 Å². The Morgan fingerprint density at radius 2 is 1.80 bits per heavy atom. The van der Waals surface area contributed by atoms with Crippen LogP contribution in [0.4, 0.5) is 5.69 Å². The number of sulfonamides is 1. The topological polar surface area (TPSA) is 70.5 Å². The van der Waals surface area contributed by atoms with Gasteiger partial charge < -0.3 is 9.80 Å². The molecule has 0 unspecified atom stereocenters. The molecule has 1 N–H and O–H groups in total. The van der Waals surface area contributed by atoms with E-state index in [1.165, 1.54) is 27.1 Å². The fourth-order valence-electron chi connectivity index (χ4n) is 4.68. The second-order valence-electron chi connectivity index (χ2n) is 8.54. The molecule has 1 aliphatic carbocycles. The second kappa shape index (κ2) is 8.15. The molecule has 1 aliphatic heterocycles. The van der Waals surface area contributed by atoms with Crippen LogP contribution in [0.1, 0.15) is 28.8 Å². The molecule has 30 heavy (non-hydrogen) atoms. The molecule has 0 saturated carbocycles. The molecule has 2 aromatic rings. The first-order chi connectivity index (χ1) is 14.2. The van der Waals surface area contributed by atoms with Crippen LogP contribution < -0.4 is 9.62 Å². The number of nitrogens with one attached hydrogen (secondary N) is 1. The van der Waals surface area contributed by atoms with Gasteiger partial charge >= 0.3 is 0 Å². The second-order valence-corrected chi connectivity index (χ2v) is 10.5. The number of aryl methyl sites for hydroxylation is 3. The standard InChI is InChI=1S/C21H30ClN5O2S/c1-14-5-8-19(27-11-9-25(3)10-12-27)18-13-16(6-7-17(14)18)24-30(28,29)20-15(2)23-26(4)21(20)22/h5,8,16,24H,6-7,9-13H2,1-4H3/t16-/m1/s1. The molecule has 4 rings (SSSR count). The minimum absolute atomic E-state index is 0.0843. The maximum atomic E-state index is 13.1. The summed E-state index contributed by atoms with van der Waals surface area (Å²) < 4.78 is 30.5. The highest BCUT2D eigenvalue weighted by Gasteiger charge is 2.31. The molecule has 9 heteroatoms. The molecule has 1 aromatic carbocycles. The highest BCUT2D eigenvalue weighted by atomic mass is 35.5. The number of fused-ring (bicyclic) bond motifs is 1. The number of likely N-dealkylation sites (N-methyl/N-ethyl adjacent to an activating group) is 1. The van der Waals surface area contributed by atoms with Gasteiger partial charge in [-0.15, -0.1) is 0 Å². The number of piperazine rings is 1. The number of rotatable bonds is 4. The van der Waals surface area contributed by atoms with Crippen molar-refractivity contribution in [1.29, 1.82) is 0 Å². The van der Waals surface area contributed by atoms with Gasteiger partial charge in [0.15, 0.2) is 0 Å². The normalized spacial score (nSPS) is 20.4. The van der Waals surface area contributed by atoms with E-state index in [4.69, 9.17) is 11.6 Å². The van der Waals surface area contributed by atoms with E-state index < -0.39 is 10.0 Å². The Bertz CT molecular complexity index is 1060. The average molecular weight is 452 g/mol. The zero-order valence-corrected chi connectivity index (χ0v) is 19.6. The van der Waals surface area contributed by atoms with Gasteiger partial charge in [0.25, 0.3) is 0 Å². The third-order valence-electron chi connectivity index (χ3n) is 6.37. The Morgan fingerprint density at radius 1 is 1.10 bits per heavy atom. The number of hydrogen-bond donors (Lipinski definition) is 1. The van der Waals surface area contributed by atoms with Crippen LogP contribution >= 0.6 is 11.6 Å². The van der Waals surface area contributed by atoms with Crippen LogP contribution in [0.2, 0.25) is 5.15 Å². The van der Waals surface area contributed by atoms with Gasteiger partial charge in [-0.3, -0.25) is 4.68 Å². The van der Waals surface area contributed by atoms with Gasteiger partial charge in [0, 0.05) is 45.0 Å². The summed E-state index contributed by atoms with van der Waals surface area (Å²) in [5.41, 5.74) is 5.61. The third kappa shape index (κ3) is 3.98. The van der Waals surface area contributed by atoms with E-state index in [2.05, 4.69) is 45.7 Å². The van der Waals surface area contributed by atoms with Crippen molar-refractivity contribution in [2.24, 2.45) is 7.05 Å². The van der Waals surface area contributed by atoms with Crippen LogP contribution in [-0.4, -0.2) is 62.4 Å². The summed E-state index contributed by atoms with van der Waals surface area (Å²) >= 11 is 6.23. The minimum Gasteiger partial charge on any atom is -0.369 e. The largest absolute Gasteiger partial charge is 0.369 e. The minimum atomic E-state index is -3.74. The zero-order valence-electron chi connectivity index (χ0n) is 18.1. The fourth-order valence-corrected chi connectivity index (χ4v) is 6.70. The first-order valence-electron chi connectivity index (χ1n) is 10.4. The molecule has 2 heterocycles. The van der Waals surface area contributed by atoms with Gasteiger partial charge in [0.05, 0.1) is 5.69 Å². The van der Waals surface area contributed by atoms with Gasteiger partial charge in [-0.25, -0.2) is 13.1 Å². The molecule has 0 radical (unpaired) electrons. The van der Waals surface area contributed by atoms with Crippen LogP contribution in [0.15, 0.2) is 17.0 Å². The molecular weight excluding hydrogens is 422 g/mol. The predicted molar refractivity (Wildman–Crippen MR) is 120 cm³/mol. The lowest BCUT2D eigenvalue weighted by Gasteiger charge is -2.37. The number of anilines is 1. The lowest BCUT2D eigenvalue weighted by Crippen LogP contribution is -2.45. The molecule has 0 amide bonds. The van der Waals surface area contributed by atoms with Crippen molar-refractivity contribution in [3.05, 3.63) is 39.7 Å². The maximum absolute atomic E-state index is 13.1. The lowest BCUT2D eigenvalue weighted by molar-refractivity contribution is 0.312. The summed E-state index contributed by atoms with van der Waals surface area (Å²) in [5.74, 6) is 0. The van der Waals surface area contributed by atoms with E-state index in [1.807, 2.05) is 0 Å². The Morgan fingerprint density at radius 3 is 2.43 bits per heavy atom. The van der Waals surface area contributed by atoms with E-state index in [0.717, 1.165) is 39.0 Å². The monoisotopic (exact) mass is 451 g/mol. The summed E-state index contributed by atoms with van der Waals surface area (Å²) in [6.45, 7) is 7.88. The van der Waals surface area contributed by atoms with E-state index >= 15 is 0 Å². The van der Waals surface area contributed by atoms with Crippen molar-refractivity contribution in [2.45, 2.75) is 44.0 Å². The van der Waals surface area contributed by atoms with E-state index in [0.29, 0.717) is 12.1 Å². The SMILES string of the molecule is Cc1ccc(N2CCN(C)CC2)c2c1CC[C@@H](NS(=O)(=O)c1c(C)nn(C)c1Cl)C2. The Balaban J connectivity index is 1.61. The molecule has 164 valence electrons. The first-order valence-corrected chi connectivity index (χ1v) is 12.3. The van der Waals surface area contributed by atoms with Crippen molar-refractivity contribution >= 4 is 27.3 Å². The Kier molecular flexibility index (Phi) is 5.87. The summed E-state index contributed by atoms with van der Waals surface area (Å²) in [6.07, 6.45) is 2.33. The number of benzene rings is 1. The molecule has 7 nitrogen and oxygen atoms in total. The lowest BCUT2D eigenvalue weighted by atomic mass is 9.84. The molecule has 1 atom stereocenters. The van der Waals surface area contributed by atoms with Crippen LogP contribution in [0.25, 0.3) is 0 Å². The molecule has 1 fully saturated rings. The summed E-state index contributed by atoms with van der Waals surface area (Å²) in [6, 6.07) is 4.25. The van der Waals surface area contributed by atoms with Gasteiger partial charge in [-0.1, -0.05) is 17.7 Å². The Labute approximate surface area is 184 Å². The van der Waals surface area contributed by atoms with Crippen LogP contribution in [-0.2, 0) is 29.9 Å². The number of halogens is 1. The number of hydrogen-bond acceptors (Lipinski definition) is 5. The van der Waals surface area contributed by atoms with Crippen LogP contribution in [0, 0.1) is 13.8 Å². The van der Waals surface area contributed by atoms with Crippen molar-refractivity contribution in [1.82, 2.24) is 19.4 Å². The molecule has 1 saturated heterocycles. The Hall–Kier alpha value is -1.61. The van der Waals surface area contributed by atoms with Gasteiger partial charge in [0.2, 0.25) is 10.0 Å². The summed E-state index contributed by atoms with van der Waals surface area (Å²) in [4.78, 5) is 4.87. The molecule has 2 aliphatic rings. The average Bonchev–Trinajstić information content (AvgIpc) is 2.95. The van der Waals surface area contributed by atoms with Gasteiger partial charge in [-0.05, 0) is 62.9 Å². The van der Waals surface area contributed by atoms with Crippen LogP contribution in [0.5, 0.6) is 0 Å². The van der Waals surface area contributed by atoms with Crippen molar-refractivity contribution < 1.29 is 8.42 Å². The highest BCUT2D eigenvalue weighted by Crippen LogP contribution is 2.34. The quantitative estimate of drug-likeness (QED) is 0.772. The number of aromatic nitrogens is 2. The zero-order chi connectivity index (χ0) is 21.6.